The number of alkyl halides is 2. The summed E-state index contributed by atoms with van der Waals surface area (Å²) in [5, 5.41) is 3.05. The SMILES string of the molecule is CNCC1CCN(S(=O)(=O)c2ccc(OCC(F)F)cc2)C1.Cl. The molecule has 1 atom stereocenters. The zero-order chi connectivity index (χ0) is 16.2. The third-order valence-corrected chi connectivity index (χ3v) is 5.46. The summed E-state index contributed by atoms with van der Waals surface area (Å²) >= 11 is 0. The normalized spacial score (nSPS) is 18.9. The molecule has 1 aromatic rings. The van der Waals surface area contributed by atoms with E-state index in [0.717, 1.165) is 13.0 Å². The van der Waals surface area contributed by atoms with E-state index in [1.807, 2.05) is 7.05 Å². The molecule has 0 saturated carbocycles. The lowest BCUT2D eigenvalue weighted by atomic mass is 10.1. The predicted molar refractivity (Wildman–Crippen MR) is 86.0 cm³/mol. The molecule has 1 unspecified atom stereocenters. The van der Waals surface area contributed by atoms with Crippen molar-refractivity contribution < 1.29 is 21.9 Å². The molecule has 2 rings (SSSR count). The summed E-state index contributed by atoms with van der Waals surface area (Å²) in [6, 6.07) is 5.58. The predicted octanol–water partition coefficient (Wildman–Crippen LogP) is 1.98. The molecule has 1 N–H and O–H groups in total. The highest BCUT2D eigenvalue weighted by Crippen LogP contribution is 2.25. The van der Waals surface area contributed by atoms with E-state index in [2.05, 4.69) is 5.32 Å². The van der Waals surface area contributed by atoms with E-state index >= 15 is 0 Å². The molecule has 9 heteroatoms. The molecule has 1 aromatic carbocycles. The number of ether oxygens (including phenoxy) is 1. The number of hydrogen-bond donors (Lipinski definition) is 1. The minimum atomic E-state index is -3.54. The van der Waals surface area contributed by atoms with Gasteiger partial charge < -0.3 is 10.1 Å². The van der Waals surface area contributed by atoms with Crippen LogP contribution in [-0.2, 0) is 10.0 Å². The smallest absolute Gasteiger partial charge is 0.272 e. The fraction of sp³-hybridized carbons (Fsp3) is 0.571. The quantitative estimate of drug-likeness (QED) is 0.797. The van der Waals surface area contributed by atoms with Crippen LogP contribution < -0.4 is 10.1 Å². The van der Waals surface area contributed by atoms with Crippen molar-refractivity contribution in [2.45, 2.75) is 17.7 Å². The summed E-state index contributed by atoms with van der Waals surface area (Å²) < 4.78 is 55.4. The van der Waals surface area contributed by atoms with Crippen LogP contribution in [0.3, 0.4) is 0 Å². The third-order valence-electron chi connectivity index (χ3n) is 3.58. The summed E-state index contributed by atoms with van der Waals surface area (Å²) in [4.78, 5) is 0.155. The van der Waals surface area contributed by atoms with Crippen LogP contribution in [0.5, 0.6) is 5.75 Å². The van der Waals surface area contributed by atoms with Crippen LogP contribution in [0, 0.1) is 5.92 Å². The Morgan fingerprint density at radius 2 is 2.00 bits per heavy atom. The maximum atomic E-state index is 12.5. The Morgan fingerprint density at radius 1 is 1.35 bits per heavy atom. The zero-order valence-electron chi connectivity index (χ0n) is 12.7. The van der Waals surface area contributed by atoms with Crippen LogP contribution in [0.2, 0.25) is 0 Å². The molecule has 5 nitrogen and oxygen atoms in total. The first-order chi connectivity index (χ1) is 10.4. The first kappa shape index (κ1) is 20.1. The molecule has 1 saturated heterocycles. The number of nitrogens with one attached hydrogen (secondary N) is 1. The monoisotopic (exact) mass is 370 g/mol. The van der Waals surface area contributed by atoms with Gasteiger partial charge in [-0.3, -0.25) is 0 Å². The average Bonchev–Trinajstić information content (AvgIpc) is 2.95. The molecule has 1 aliphatic heterocycles. The fourth-order valence-corrected chi connectivity index (χ4v) is 4.02. The number of hydrogen-bond acceptors (Lipinski definition) is 4. The van der Waals surface area contributed by atoms with Gasteiger partial charge in [0.1, 0.15) is 12.4 Å². The molecule has 132 valence electrons. The van der Waals surface area contributed by atoms with E-state index in [-0.39, 0.29) is 23.1 Å². The minimum absolute atomic E-state index is 0. The van der Waals surface area contributed by atoms with Crippen molar-refractivity contribution in [1.82, 2.24) is 9.62 Å². The second-order valence-corrected chi connectivity index (χ2v) is 7.19. The second-order valence-electron chi connectivity index (χ2n) is 5.25. The first-order valence-corrected chi connectivity index (χ1v) is 8.53. The summed E-state index contributed by atoms with van der Waals surface area (Å²) in [5.74, 6) is 0.544. The van der Waals surface area contributed by atoms with Crippen LogP contribution in [-0.4, -0.2) is 52.4 Å². The number of sulfonamides is 1. The van der Waals surface area contributed by atoms with Gasteiger partial charge in [-0.1, -0.05) is 0 Å². The van der Waals surface area contributed by atoms with Gasteiger partial charge in [0.15, 0.2) is 0 Å². The van der Waals surface area contributed by atoms with Gasteiger partial charge in [-0.05, 0) is 50.2 Å². The lowest BCUT2D eigenvalue weighted by Crippen LogP contribution is -2.30. The molecule has 1 aliphatic rings. The lowest BCUT2D eigenvalue weighted by Gasteiger charge is -2.17. The van der Waals surface area contributed by atoms with E-state index in [1.165, 1.54) is 28.6 Å². The van der Waals surface area contributed by atoms with E-state index < -0.39 is 23.1 Å². The highest BCUT2D eigenvalue weighted by Gasteiger charge is 2.32. The highest BCUT2D eigenvalue weighted by atomic mass is 35.5. The van der Waals surface area contributed by atoms with Crippen molar-refractivity contribution in [2.75, 3.05) is 33.3 Å². The van der Waals surface area contributed by atoms with Crippen LogP contribution in [0.15, 0.2) is 29.2 Å². The molecule has 0 aromatic heterocycles. The van der Waals surface area contributed by atoms with Crippen molar-refractivity contribution in [2.24, 2.45) is 5.92 Å². The van der Waals surface area contributed by atoms with Gasteiger partial charge in [-0.15, -0.1) is 12.4 Å². The van der Waals surface area contributed by atoms with E-state index in [4.69, 9.17) is 4.74 Å². The van der Waals surface area contributed by atoms with Crippen molar-refractivity contribution in [3.8, 4) is 5.75 Å². The van der Waals surface area contributed by atoms with Gasteiger partial charge in [0, 0.05) is 13.1 Å². The first-order valence-electron chi connectivity index (χ1n) is 7.09. The number of halogens is 3. The van der Waals surface area contributed by atoms with Gasteiger partial charge in [0.05, 0.1) is 4.90 Å². The molecule has 0 aliphatic carbocycles. The maximum absolute atomic E-state index is 12.5. The molecule has 0 radical (unpaired) electrons. The molecule has 0 bridgehead atoms. The Bertz CT molecular complexity index is 584. The van der Waals surface area contributed by atoms with Gasteiger partial charge in [0.25, 0.3) is 6.43 Å². The number of nitrogens with zero attached hydrogens (tertiary/aromatic N) is 1. The zero-order valence-corrected chi connectivity index (χ0v) is 14.4. The summed E-state index contributed by atoms with van der Waals surface area (Å²) in [6.45, 7) is 1.07. The number of rotatable bonds is 7. The topological polar surface area (TPSA) is 58.6 Å². The summed E-state index contributed by atoms with van der Waals surface area (Å²) in [5.41, 5.74) is 0. The largest absolute Gasteiger partial charge is 0.488 e. The Kier molecular flexibility index (Phi) is 7.66. The third kappa shape index (κ3) is 5.27. The van der Waals surface area contributed by atoms with Crippen LogP contribution in [0.4, 0.5) is 8.78 Å². The van der Waals surface area contributed by atoms with Gasteiger partial charge in [-0.25, -0.2) is 17.2 Å². The fourth-order valence-electron chi connectivity index (χ4n) is 2.49. The Morgan fingerprint density at radius 3 is 2.57 bits per heavy atom. The molecular formula is C14H21ClF2N2O3S. The molecule has 1 fully saturated rings. The Hall–Kier alpha value is -0.960. The van der Waals surface area contributed by atoms with Gasteiger partial charge in [-0.2, -0.15) is 4.31 Å². The standard InChI is InChI=1S/C14H20F2N2O3S.ClH/c1-17-8-11-6-7-18(9-11)22(19,20)13-4-2-12(3-5-13)21-10-14(15)16;/h2-5,11,14,17H,6-10H2,1H3;1H. The Labute approximate surface area is 141 Å². The molecule has 0 spiro atoms. The van der Waals surface area contributed by atoms with Crippen molar-refractivity contribution >= 4 is 22.4 Å². The molecule has 0 amide bonds. The Balaban J connectivity index is 0.00000264. The van der Waals surface area contributed by atoms with E-state index in [0.29, 0.717) is 19.0 Å². The molecular weight excluding hydrogens is 350 g/mol. The van der Waals surface area contributed by atoms with E-state index in [9.17, 15) is 17.2 Å². The summed E-state index contributed by atoms with van der Waals surface area (Å²) in [7, 11) is -1.69. The van der Waals surface area contributed by atoms with Crippen molar-refractivity contribution in [3.05, 3.63) is 24.3 Å². The van der Waals surface area contributed by atoms with E-state index in [1.54, 1.807) is 0 Å². The minimum Gasteiger partial charge on any atom is -0.488 e. The lowest BCUT2D eigenvalue weighted by molar-refractivity contribution is 0.0819. The van der Waals surface area contributed by atoms with Crippen molar-refractivity contribution in [3.63, 3.8) is 0 Å². The highest BCUT2D eigenvalue weighted by molar-refractivity contribution is 7.89. The van der Waals surface area contributed by atoms with Crippen LogP contribution in [0.25, 0.3) is 0 Å². The second kappa shape index (κ2) is 8.77. The molecule has 23 heavy (non-hydrogen) atoms. The number of benzene rings is 1. The van der Waals surface area contributed by atoms with Crippen molar-refractivity contribution in [1.29, 1.82) is 0 Å². The average molecular weight is 371 g/mol. The van der Waals surface area contributed by atoms with Gasteiger partial charge >= 0.3 is 0 Å². The maximum Gasteiger partial charge on any atom is 0.272 e. The molecule has 1 heterocycles. The van der Waals surface area contributed by atoms with Gasteiger partial charge in [0.2, 0.25) is 10.0 Å². The summed E-state index contributed by atoms with van der Waals surface area (Å²) in [6.07, 6.45) is -1.73. The van der Waals surface area contributed by atoms with Crippen LogP contribution in [0.1, 0.15) is 6.42 Å². The van der Waals surface area contributed by atoms with Crippen LogP contribution >= 0.6 is 12.4 Å².